The highest BCUT2D eigenvalue weighted by molar-refractivity contribution is 6.33. The van der Waals surface area contributed by atoms with Crippen LogP contribution in [0.15, 0.2) is 54.7 Å². The minimum Gasteiger partial charge on any atom is -0.350 e. The molecule has 4 aromatic rings. The first-order valence-corrected chi connectivity index (χ1v) is 12.1. The number of rotatable bonds is 7. The van der Waals surface area contributed by atoms with Crippen LogP contribution < -0.4 is 10.6 Å². The number of fused-ring (bicyclic) bond motifs is 1. The topological polar surface area (TPSA) is 67.7 Å². The Hall–Kier alpha value is -2.67. The summed E-state index contributed by atoms with van der Waals surface area (Å²) in [4.78, 5) is 14.2. The zero-order valence-corrected chi connectivity index (χ0v) is 19.8. The van der Waals surface area contributed by atoms with Gasteiger partial charge in [-0.25, -0.2) is 9.97 Å². The van der Waals surface area contributed by atoms with Crippen molar-refractivity contribution in [1.29, 1.82) is 0 Å². The number of anilines is 1. The summed E-state index contributed by atoms with van der Waals surface area (Å²) in [5.74, 6) is 2.08. The fourth-order valence-corrected chi connectivity index (χ4v) is 4.78. The van der Waals surface area contributed by atoms with Crippen LogP contribution in [0.2, 0.25) is 10.0 Å². The van der Waals surface area contributed by atoms with Gasteiger partial charge in [0, 0.05) is 23.7 Å². The molecule has 0 bridgehead atoms. The predicted molar refractivity (Wildman–Crippen MR) is 135 cm³/mol. The normalized spacial score (nSPS) is 14.6. The van der Waals surface area contributed by atoms with Gasteiger partial charge < -0.3 is 15.2 Å². The SMILES string of the molecule is Clc1ccccc1CNc1ncc2nc(-c3ccccc3Cl)n(CCC3CCNCC3)c2n1. The molecule has 0 radical (unpaired) electrons. The van der Waals surface area contributed by atoms with Gasteiger partial charge in [-0.15, -0.1) is 0 Å². The van der Waals surface area contributed by atoms with E-state index in [9.17, 15) is 0 Å². The molecule has 8 heteroatoms. The number of nitrogens with one attached hydrogen (secondary N) is 2. The van der Waals surface area contributed by atoms with E-state index in [0.717, 1.165) is 59.2 Å². The first kappa shape index (κ1) is 22.1. The van der Waals surface area contributed by atoms with Crippen LogP contribution in [0.1, 0.15) is 24.8 Å². The molecule has 3 heterocycles. The van der Waals surface area contributed by atoms with Crippen molar-refractivity contribution in [3.63, 3.8) is 0 Å². The lowest BCUT2D eigenvalue weighted by Crippen LogP contribution is -2.28. The largest absolute Gasteiger partial charge is 0.350 e. The maximum atomic E-state index is 6.55. The fourth-order valence-electron chi connectivity index (χ4n) is 4.36. The van der Waals surface area contributed by atoms with Crippen molar-refractivity contribution in [2.24, 2.45) is 5.92 Å². The molecule has 5 rings (SSSR count). The Kier molecular flexibility index (Phi) is 6.76. The number of halogens is 2. The lowest BCUT2D eigenvalue weighted by Gasteiger charge is -2.23. The Balaban J connectivity index is 1.48. The molecule has 0 atom stereocenters. The van der Waals surface area contributed by atoms with E-state index in [2.05, 4.69) is 20.2 Å². The van der Waals surface area contributed by atoms with Crippen molar-refractivity contribution < 1.29 is 0 Å². The molecule has 6 nitrogen and oxygen atoms in total. The summed E-state index contributed by atoms with van der Waals surface area (Å²) in [6, 6.07) is 15.6. The third-order valence-corrected chi connectivity index (χ3v) is 6.92. The van der Waals surface area contributed by atoms with Crippen LogP contribution >= 0.6 is 23.2 Å². The second kappa shape index (κ2) is 10.1. The third-order valence-electron chi connectivity index (χ3n) is 6.22. The molecule has 2 N–H and O–H groups in total. The van der Waals surface area contributed by atoms with Gasteiger partial charge in [0.15, 0.2) is 5.65 Å². The summed E-state index contributed by atoms with van der Waals surface area (Å²) >= 11 is 12.8. The molecule has 2 aromatic carbocycles. The number of benzene rings is 2. The Morgan fingerprint density at radius 3 is 2.52 bits per heavy atom. The molecule has 1 aliphatic heterocycles. The standard InChI is InChI=1S/C25H26Cl2N6/c26-20-7-3-1-5-18(20)15-29-25-30-16-22-24(32-25)33(14-11-17-9-12-28-13-10-17)23(31-22)19-6-2-4-8-21(19)27/h1-8,16-17,28H,9-15H2,(H,29,30,32). The Morgan fingerprint density at radius 1 is 0.970 bits per heavy atom. The van der Waals surface area contributed by atoms with Gasteiger partial charge in [-0.1, -0.05) is 53.5 Å². The average Bonchev–Trinajstić information content (AvgIpc) is 3.20. The highest BCUT2D eigenvalue weighted by Gasteiger charge is 2.19. The van der Waals surface area contributed by atoms with Crippen LogP contribution in [0.3, 0.4) is 0 Å². The molecule has 1 saturated heterocycles. The monoisotopic (exact) mass is 480 g/mol. The van der Waals surface area contributed by atoms with E-state index < -0.39 is 0 Å². The minimum atomic E-state index is 0.547. The van der Waals surface area contributed by atoms with Gasteiger partial charge in [-0.2, -0.15) is 4.98 Å². The lowest BCUT2D eigenvalue weighted by atomic mass is 9.95. The minimum absolute atomic E-state index is 0.547. The zero-order chi connectivity index (χ0) is 22.6. The lowest BCUT2D eigenvalue weighted by molar-refractivity contribution is 0.339. The molecule has 1 aliphatic rings. The maximum Gasteiger partial charge on any atom is 0.225 e. The van der Waals surface area contributed by atoms with Crippen molar-refractivity contribution in [3.8, 4) is 11.4 Å². The first-order valence-electron chi connectivity index (χ1n) is 11.3. The van der Waals surface area contributed by atoms with E-state index in [-0.39, 0.29) is 0 Å². The predicted octanol–water partition coefficient (Wildman–Crippen LogP) is 5.80. The van der Waals surface area contributed by atoms with Gasteiger partial charge in [0.1, 0.15) is 11.3 Å². The smallest absolute Gasteiger partial charge is 0.225 e. The van der Waals surface area contributed by atoms with Gasteiger partial charge in [-0.3, -0.25) is 0 Å². The van der Waals surface area contributed by atoms with Gasteiger partial charge in [-0.05, 0) is 62.0 Å². The summed E-state index contributed by atoms with van der Waals surface area (Å²) in [6.07, 6.45) is 5.26. The van der Waals surface area contributed by atoms with Crippen molar-refractivity contribution in [2.45, 2.75) is 32.4 Å². The zero-order valence-electron chi connectivity index (χ0n) is 18.3. The van der Waals surface area contributed by atoms with E-state index >= 15 is 0 Å². The van der Waals surface area contributed by atoms with Crippen molar-refractivity contribution in [1.82, 2.24) is 24.8 Å². The summed E-state index contributed by atoms with van der Waals surface area (Å²) < 4.78 is 2.20. The summed E-state index contributed by atoms with van der Waals surface area (Å²) in [6.45, 7) is 3.56. The van der Waals surface area contributed by atoms with E-state index in [4.69, 9.17) is 33.2 Å². The Labute approximate surface area is 203 Å². The van der Waals surface area contributed by atoms with E-state index in [1.54, 1.807) is 6.20 Å². The molecule has 33 heavy (non-hydrogen) atoms. The first-order chi connectivity index (χ1) is 16.2. The number of aromatic nitrogens is 4. The second-order valence-electron chi connectivity index (χ2n) is 8.40. The van der Waals surface area contributed by atoms with Crippen LogP contribution in [0.5, 0.6) is 0 Å². The van der Waals surface area contributed by atoms with Crippen LogP contribution in [0.25, 0.3) is 22.6 Å². The van der Waals surface area contributed by atoms with E-state index in [0.29, 0.717) is 23.4 Å². The van der Waals surface area contributed by atoms with Crippen LogP contribution in [0, 0.1) is 5.92 Å². The van der Waals surface area contributed by atoms with Crippen molar-refractivity contribution in [3.05, 3.63) is 70.3 Å². The number of piperidine rings is 1. The fraction of sp³-hybridized carbons (Fsp3) is 0.320. The van der Waals surface area contributed by atoms with E-state index in [1.165, 1.54) is 12.8 Å². The highest BCUT2D eigenvalue weighted by atomic mass is 35.5. The van der Waals surface area contributed by atoms with Gasteiger partial charge in [0.25, 0.3) is 0 Å². The van der Waals surface area contributed by atoms with Gasteiger partial charge in [0.2, 0.25) is 5.95 Å². The number of aryl methyl sites for hydroxylation is 1. The average molecular weight is 481 g/mol. The molecule has 0 amide bonds. The quantitative estimate of drug-likeness (QED) is 0.349. The van der Waals surface area contributed by atoms with Gasteiger partial charge in [0.05, 0.1) is 11.2 Å². The molecule has 0 aliphatic carbocycles. The van der Waals surface area contributed by atoms with Crippen LogP contribution in [0.4, 0.5) is 5.95 Å². The highest BCUT2D eigenvalue weighted by Crippen LogP contribution is 2.31. The Bertz CT molecular complexity index is 1250. The second-order valence-corrected chi connectivity index (χ2v) is 9.21. The molecular formula is C25H26Cl2N6. The number of imidazole rings is 1. The molecular weight excluding hydrogens is 455 g/mol. The molecule has 170 valence electrons. The molecule has 0 spiro atoms. The van der Waals surface area contributed by atoms with Gasteiger partial charge >= 0.3 is 0 Å². The van der Waals surface area contributed by atoms with Crippen molar-refractivity contribution >= 4 is 40.3 Å². The van der Waals surface area contributed by atoms with Crippen LogP contribution in [-0.2, 0) is 13.1 Å². The number of hydrogen-bond acceptors (Lipinski definition) is 5. The molecule has 0 saturated carbocycles. The Morgan fingerprint density at radius 2 is 1.73 bits per heavy atom. The summed E-state index contributed by atoms with van der Waals surface area (Å²) in [7, 11) is 0. The third kappa shape index (κ3) is 4.98. The van der Waals surface area contributed by atoms with Crippen LogP contribution in [-0.4, -0.2) is 32.6 Å². The molecule has 0 unspecified atom stereocenters. The summed E-state index contributed by atoms with van der Waals surface area (Å²) in [5.41, 5.74) is 3.49. The number of hydrogen-bond donors (Lipinski definition) is 2. The maximum absolute atomic E-state index is 6.55. The number of nitrogens with zero attached hydrogens (tertiary/aromatic N) is 4. The van der Waals surface area contributed by atoms with E-state index in [1.807, 2.05) is 48.5 Å². The molecule has 1 fully saturated rings. The van der Waals surface area contributed by atoms with Crippen molar-refractivity contribution in [2.75, 3.05) is 18.4 Å². The molecule has 2 aromatic heterocycles. The summed E-state index contributed by atoms with van der Waals surface area (Å²) in [5, 5.41) is 8.15.